The summed E-state index contributed by atoms with van der Waals surface area (Å²) in [5, 5.41) is 28.0. The summed E-state index contributed by atoms with van der Waals surface area (Å²) in [6.07, 6.45) is -0.459. The van der Waals surface area contributed by atoms with E-state index in [0.717, 1.165) is 0 Å². The largest absolute Gasteiger partial charge is 0.477 e. The molecular formula is C10H13NO4S. The van der Waals surface area contributed by atoms with Crippen molar-refractivity contribution in [1.82, 2.24) is 4.98 Å². The highest BCUT2D eigenvalue weighted by molar-refractivity contribution is 7.80. The molecule has 1 rings (SSSR count). The van der Waals surface area contributed by atoms with Crippen molar-refractivity contribution in [2.75, 3.05) is 5.75 Å². The smallest absolute Gasteiger partial charge is 0.354 e. The Kier molecular flexibility index (Phi) is 4.72. The molecule has 0 aliphatic rings. The van der Waals surface area contributed by atoms with Gasteiger partial charge in [0.25, 0.3) is 0 Å². The summed E-state index contributed by atoms with van der Waals surface area (Å²) in [6.45, 7) is 0. The summed E-state index contributed by atoms with van der Waals surface area (Å²) in [5.74, 6) is -0.729. The zero-order valence-electron chi connectivity index (χ0n) is 8.45. The van der Waals surface area contributed by atoms with Gasteiger partial charge in [0.15, 0.2) is 0 Å². The lowest BCUT2D eigenvalue weighted by atomic mass is 10.0. The van der Waals surface area contributed by atoms with E-state index in [1.807, 2.05) is 0 Å². The molecule has 2 atom stereocenters. The molecule has 0 fully saturated rings. The van der Waals surface area contributed by atoms with Crippen LogP contribution in [-0.4, -0.2) is 38.1 Å². The molecule has 1 aromatic rings. The first kappa shape index (κ1) is 13.0. The summed E-state index contributed by atoms with van der Waals surface area (Å²) in [7, 11) is 0. The monoisotopic (exact) mass is 243 g/mol. The van der Waals surface area contributed by atoms with Gasteiger partial charge in [-0.25, -0.2) is 9.78 Å². The van der Waals surface area contributed by atoms with Crippen LogP contribution in [0.2, 0.25) is 0 Å². The fraction of sp³-hybridized carbons (Fsp3) is 0.400. The quantitative estimate of drug-likeness (QED) is 0.565. The minimum Gasteiger partial charge on any atom is -0.477 e. The van der Waals surface area contributed by atoms with Crippen molar-refractivity contribution in [2.24, 2.45) is 0 Å². The molecule has 0 saturated heterocycles. The van der Waals surface area contributed by atoms with Gasteiger partial charge >= 0.3 is 5.97 Å². The number of pyridine rings is 1. The van der Waals surface area contributed by atoms with Crippen LogP contribution in [0.4, 0.5) is 0 Å². The van der Waals surface area contributed by atoms with Crippen LogP contribution in [0.15, 0.2) is 18.3 Å². The molecule has 16 heavy (non-hydrogen) atoms. The lowest BCUT2D eigenvalue weighted by Gasteiger charge is -2.17. The van der Waals surface area contributed by atoms with Crippen LogP contribution in [0, 0.1) is 0 Å². The number of aromatic carboxylic acids is 1. The average molecular weight is 243 g/mol. The van der Waals surface area contributed by atoms with Crippen LogP contribution >= 0.6 is 12.6 Å². The second kappa shape index (κ2) is 5.83. The summed E-state index contributed by atoms with van der Waals surface area (Å²) in [4.78, 5) is 14.3. The number of hydrogen-bond acceptors (Lipinski definition) is 5. The summed E-state index contributed by atoms with van der Waals surface area (Å²) in [5.41, 5.74) is 0.177. The molecule has 0 aliphatic carbocycles. The van der Waals surface area contributed by atoms with Crippen LogP contribution in [-0.2, 0) is 0 Å². The molecule has 1 heterocycles. The predicted molar refractivity (Wildman–Crippen MR) is 60.6 cm³/mol. The maximum absolute atomic E-state index is 10.7. The summed E-state index contributed by atoms with van der Waals surface area (Å²) < 4.78 is 0. The van der Waals surface area contributed by atoms with Crippen molar-refractivity contribution in [3.05, 3.63) is 29.6 Å². The molecule has 1 aromatic heterocycles. The predicted octanol–water partition coefficient (Wildman–Crippen LogP) is 0.494. The van der Waals surface area contributed by atoms with Crippen molar-refractivity contribution in [3.63, 3.8) is 0 Å². The first-order valence-electron chi connectivity index (χ1n) is 4.72. The number of aromatic nitrogens is 1. The third kappa shape index (κ3) is 3.19. The van der Waals surface area contributed by atoms with E-state index in [9.17, 15) is 15.0 Å². The van der Waals surface area contributed by atoms with E-state index in [2.05, 4.69) is 17.6 Å². The fourth-order valence-corrected chi connectivity index (χ4v) is 1.52. The minimum atomic E-state index is -1.17. The lowest BCUT2D eigenvalue weighted by molar-refractivity contribution is 0.0171. The van der Waals surface area contributed by atoms with E-state index in [1.54, 1.807) is 0 Å². The molecule has 6 heteroatoms. The van der Waals surface area contributed by atoms with Crippen LogP contribution in [0.25, 0.3) is 0 Å². The summed E-state index contributed by atoms with van der Waals surface area (Å²) >= 11 is 3.94. The van der Waals surface area contributed by atoms with E-state index in [0.29, 0.717) is 17.7 Å². The van der Waals surface area contributed by atoms with E-state index < -0.39 is 18.2 Å². The van der Waals surface area contributed by atoms with Gasteiger partial charge in [0.05, 0.1) is 6.10 Å². The van der Waals surface area contributed by atoms with Crippen LogP contribution in [0.5, 0.6) is 0 Å². The first-order valence-corrected chi connectivity index (χ1v) is 5.35. The molecule has 2 unspecified atom stereocenters. The average Bonchev–Trinajstić information content (AvgIpc) is 2.28. The van der Waals surface area contributed by atoms with Crippen LogP contribution in [0.1, 0.15) is 28.6 Å². The van der Waals surface area contributed by atoms with Gasteiger partial charge in [0.1, 0.15) is 11.8 Å². The number of thiol groups is 1. The van der Waals surface area contributed by atoms with Gasteiger partial charge < -0.3 is 15.3 Å². The van der Waals surface area contributed by atoms with E-state index in [-0.39, 0.29) is 5.69 Å². The normalized spacial score (nSPS) is 14.4. The Morgan fingerprint density at radius 2 is 2.19 bits per heavy atom. The third-order valence-corrected chi connectivity index (χ3v) is 2.39. The van der Waals surface area contributed by atoms with Gasteiger partial charge in [0, 0.05) is 6.20 Å². The Hall–Kier alpha value is -1.11. The Balaban J connectivity index is 2.86. The molecule has 0 aromatic carbocycles. The minimum absolute atomic E-state index is 0.158. The molecule has 0 saturated carbocycles. The van der Waals surface area contributed by atoms with Crippen molar-refractivity contribution in [2.45, 2.75) is 18.6 Å². The number of carboxylic acid groups (broad SMARTS) is 1. The molecule has 3 N–H and O–H groups in total. The van der Waals surface area contributed by atoms with E-state index in [4.69, 9.17) is 5.11 Å². The maximum atomic E-state index is 10.7. The molecule has 0 radical (unpaired) electrons. The number of nitrogens with zero attached hydrogens (tertiary/aromatic N) is 1. The molecular weight excluding hydrogens is 230 g/mol. The topological polar surface area (TPSA) is 90.7 Å². The van der Waals surface area contributed by atoms with Crippen molar-refractivity contribution >= 4 is 18.6 Å². The number of hydrogen-bond donors (Lipinski definition) is 4. The lowest BCUT2D eigenvalue weighted by Crippen LogP contribution is -2.19. The van der Waals surface area contributed by atoms with Crippen molar-refractivity contribution in [3.8, 4) is 0 Å². The Morgan fingerprint density at radius 1 is 1.50 bits per heavy atom. The standard InChI is InChI=1S/C10H13NO4S/c12-8(2-4-16)9(13)6-1-3-11-7(5-6)10(14)15/h1,3,5,8-9,12-13,16H,2,4H2,(H,14,15). The number of aliphatic hydroxyl groups is 2. The summed E-state index contributed by atoms with van der Waals surface area (Å²) in [6, 6.07) is 2.72. The molecule has 88 valence electrons. The SMILES string of the molecule is O=C(O)c1cc(C(O)C(O)CCS)ccn1. The number of carbonyl (C=O) groups is 1. The number of rotatable bonds is 5. The second-order valence-electron chi connectivity index (χ2n) is 3.30. The van der Waals surface area contributed by atoms with Gasteiger partial charge in [-0.05, 0) is 29.9 Å². The molecule has 0 aliphatic heterocycles. The van der Waals surface area contributed by atoms with Gasteiger partial charge in [-0.3, -0.25) is 0 Å². The van der Waals surface area contributed by atoms with Gasteiger partial charge in [-0.15, -0.1) is 0 Å². The van der Waals surface area contributed by atoms with E-state index >= 15 is 0 Å². The Labute approximate surface area is 98.2 Å². The fourth-order valence-electron chi connectivity index (χ4n) is 1.26. The Bertz CT molecular complexity index is 372. The highest BCUT2D eigenvalue weighted by Crippen LogP contribution is 2.19. The number of carboxylic acids is 1. The molecule has 0 spiro atoms. The number of aliphatic hydroxyl groups excluding tert-OH is 2. The van der Waals surface area contributed by atoms with Gasteiger partial charge in [-0.2, -0.15) is 12.6 Å². The van der Waals surface area contributed by atoms with Crippen LogP contribution in [0.3, 0.4) is 0 Å². The van der Waals surface area contributed by atoms with Gasteiger partial charge in [-0.1, -0.05) is 0 Å². The molecule has 0 bridgehead atoms. The highest BCUT2D eigenvalue weighted by atomic mass is 32.1. The molecule has 5 nitrogen and oxygen atoms in total. The van der Waals surface area contributed by atoms with E-state index in [1.165, 1.54) is 18.3 Å². The second-order valence-corrected chi connectivity index (χ2v) is 3.75. The van der Waals surface area contributed by atoms with Crippen molar-refractivity contribution < 1.29 is 20.1 Å². The zero-order valence-corrected chi connectivity index (χ0v) is 9.34. The first-order chi connectivity index (χ1) is 7.56. The maximum Gasteiger partial charge on any atom is 0.354 e. The zero-order chi connectivity index (χ0) is 12.1. The third-order valence-electron chi connectivity index (χ3n) is 2.13. The van der Waals surface area contributed by atoms with Crippen molar-refractivity contribution in [1.29, 1.82) is 0 Å². The highest BCUT2D eigenvalue weighted by Gasteiger charge is 2.18. The van der Waals surface area contributed by atoms with Gasteiger partial charge in [0.2, 0.25) is 0 Å². The molecule has 0 amide bonds. The Morgan fingerprint density at radius 3 is 2.75 bits per heavy atom. The van der Waals surface area contributed by atoms with Crippen LogP contribution < -0.4 is 0 Å².